The molecule has 0 radical (unpaired) electrons. The lowest BCUT2D eigenvalue weighted by Crippen LogP contribution is -2.15. The molecule has 3 aromatic rings. The number of nitrogens with zero attached hydrogens (tertiary/aromatic N) is 3. The van der Waals surface area contributed by atoms with E-state index in [1.165, 1.54) is 28.4 Å². The predicted octanol–water partition coefficient (Wildman–Crippen LogP) is 3.95. The monoisotopic (exact) mass is 341 g/mol. The van der Waals surface area contributed by atoms with E-state index in [0.29, 0.717) is 12.5 Å². The molecule has 6 heteroatoms. The Bertz CT molecular complexity index is 914. The van der Waals surface area contributed by atoms with Gasteiger partial charge in [-0.15, -0.1) is 0 Å². The number of hydrogen-bond acceptors (Lipinski definition) is 4. The van der Waals surface area contributed by atoms with Crippen LogP contribution in [-0.2, 0) is 13.0 Å². The minimum Gasteiger partial charge on any atom is -0.360 e. The number of aromatic amines is 1. The first-order valence-corrected chi connectivity index (χ1v) is 8.45. The summed E-state index contributed by atoms with van der Waals surface area (Å²) < 4.78 is 13.7. The molecule has 0 aliphatic rings. The largest absolute Gasteiger partial charge is 0.360 e. The number of halogens is 1. The molecule has 0 unspecified atom stereocenters. The van der Waals surface area contributed by atoms with Crippen molar-refractivity contribution in [3.05, 3.63) is 46.5 Å². The van der Waals surface area contributed by atoms with E-state index in [1.54, 1.807) is 19.0 Å². The molecule has 1 aromatic carbocycles. The van der Waals surface area contributed by atoms with E-state index >= 15 is 0 Å². The van der Waals surface area contributed by atoms with Crippen molar-refractivity contribution >= 4 is 22.7 Å². The SMILES string of the molecule is CCc1[nH]c2c(CNc3ncc(F)c(N(C)C)n3)cc(C)cc2c1C. The fourth-order valence-corrected chi connectivity index (χ4v) is 3.14. The first-order valence-electron chi connectivity index (χ1n) is 8.45. The fraction of sp³-hybridized carbons (Fsp3) is 0.368. The molecular formula is C19H24FN5. The second-order valence-electron chi connectivity index (χ2n) is 6.54. The van der Waals surface area contributed by atoms with E-state index < -0.39 is 5.82 Å². The molecule has 0 aliphatic carbocycles. The molecule has 2 N–H and O–H groups in total. The number of benzene rings is 1. The van der Waals surface area contributed by atoms with Crippen LogP contribution in [0.15, 0.2) is 18.3 Å². The van der Waals surface area contributed by atoms with Gasteiger partial charge < -0.3 is 15.2 Å². The van der Waals surface area contributed by atoms with Gasteiger partial charge in [-0.05, 0) is 37.5 Å². The number of fused-ring (bicyclic) bond motifs is 1. The van der Waals surface area contributed by atoms with E-state index in [0.717, 1.165) is 17.5 Å². The zero-order valence-corrected chi connectivity index (χ0v) is 15.4. The van der Waals surface area contributed by atoms with E-state index in [2.05, 4.69) is 53.2 Å². The van der Waals surface area contributed by atoms with Crippen LogP contribution < -0.4 is 10.2 Å². The zero-order chi connectivity index (χ0) is 18.1. The van der Waals surface area contributed by atoms with Gasteiger partial charge in [0.2, 0.25) is 5.95 Å². The Morgan fingerprint density at radius 3 is 2.68 bits per heavy atom. The molecule has 2 heterocycles. The van der Waals surface area contributed by atoms with Gasteiger partial charge in [-0.1, -0.05) is 18.6 Å². The molecular weight excluding hydrogens is 317 g/mol. The zero-order valence-electron chi connectivity index (χ0n) is 15.4. The average molecular weight is 341 g/mol. The maximum absolute atomic E-state index is 13.7. The van der Waals surface area contributed by atoms with Gasteiger partial charge in [0, 0.05) is 31.7 Å². The highest BCUT2D eigenvalue weighted by Gasteiger charge is 2.12. The molecule has 132 valence electrons. The van der Waals surface area contributed by atoms with Crippen LogP contribution in [0.4, 0.5) is 16.2 Å². The second kappa shape index (κ2) is 6.70. The summed E-state index contributed by atoms with van der Waals surface area (Å²) in [5.41, 5.74) is 6.06. The normalized spacial score (nSPS) is 11.1. The van der Waals surface area contributed by atoms with Crippen LogP contribution in [0, 0.1) is 19.7 Å². The summed E-state index contributed by atoms with van der Waals surface area (Å²) in [7, 11) is 3.51. The van der Waals surface area contributed by atoms with Crippen molar-refractivity contribution in [2.45, 2.75) is 33.7 Å². The predicted molar refractivity (Wildman–Crippen MR) is 101 cm³/mol. The number of aromatic nitrogens is 3. The van der Waals surface area contributed by atoms with Gasteiger partial charge >= 0.3 is 0 Å². The summed E-state index contributed by atoms with van der Waals surface area (Å²) in [6, 6.07) is 4.36. The maximum atomic E-state index is 13.7. The van der Waals surface area contributed by atoms with Crippen LogP contribution in [0.2, 0.25) is 0 Å². The second-order valence-corrected chi connectivity index (χ2v) is 6.54. The molecule has 25 heavy (non-hydrogen) atoms. The molecule has 0 bridgehead atoms. The standard InChI is InChI=1S/C19H24FN5/c1-6-16-12(3)14-8-11(2)7-13(17(14)23-16)9-21-19-22-10-15(20)18(24-19)25(4)5/h7-8,10,23H,6,9H2,1-5H3,(H,21,22,24). The molecule has 0 aliphatic heterocycles. The van der Waals surface area contributed by atoms with Crippen molar-refractivity contribution in [3.8, 4) is 0 Å². The van der Waals surface area contributed by atoms with Gasteiger partial charge in [0.1, 0.15) is 0 Å². The van der Waals surface area contributed by atoms with Crippen molar-refractivity contribution < 1.29 is 4.39 Å². The van der Waals surface area contributed by atoms with Crippen molar-refractivity contribution in [2.24, 2.45) is 0 Å². The van der Waals surface area contributed by atoms with Crippen LogP contribution in [0.5, 0.6) is 0 Å². The van der Waals surface area contributed by atoms with Gasteiger partial charge in [0.15, 0.2) is 11.6 Å². The smallest absolute Gasteiger partial charge is 0.225 e. The number of nitrogens with one attached hydrogen (secondary N) is 2. The van der Waals surface area contributed by atoms with Gasteiger partial charge in [-0.2, -0.15) is 4.98 Å². The minimum absolute atomic E-state index is 0.274. The number of hydrogen-bond donors (Lipinski definition) is 2. The molecule has 5 nitrogen and oxygen atoms in total. The van der Waals surface area contributed by atoms with Crippen LogP contribution in [-0.4, -0.2) is 29.0 Å². The molecule has 3 rings (SSSR count). The van der Waals surface area contributed by atoms with Gasteiger partial charge in [-0.25, -0.2) is 9.37 Å². The third kappa shape index (κ3) is 3.29. The number of anilines is 2. The van der Waals surface area contributed by atoms with Gasteiger partial charge in [-0.3, -0.25) is 0 Å². The summed E-state index contributed by atoms with van der Waals surface area (Å²) in [5, 5.41) is 4.47. The Balaban J connectivity index is 1.92. The van der Waals surface area contributed by atoms with Crippen LogP contribution in [0.1, 0.15) is 29.3 Å². The molecule has 0 fully saturated rings. The average Bonchev–Trinajstić information content (AvgIpc) is 2.90. The number of H-pyrrole nitrogens is 1. The summed E-state index contributed by atoms with van der Waals surface area (Å²) >= 11 is 0. The van der Waals surface area contributed by atoms with E-state index in [4.69, 9.17) is 0 Å². The molecule has 0 amide bonds. The number of aryl methyl sites for hydroxylation is 3. The molecule has 0 spiro atoms. The molecule has 2 aromatic heterocycles. The topological polar surface area (TPSA) is 56.8 Å². The lowest BCUT2D eigenvalue weighted by atomic mass is 10.0. The number of rotatable bonds is 5. The van der Waals surface area contributed by atoms with E-state index in [-0.39, 0.29) is 5.82 Å². The highest BCUT2D eigenvalue weighted by atomic mass is 19.1. The summed E-state index contributed by atoms with van der Waals surface area (Å²) in [5.74, 6) is 0.260. The first-order chi connectivity index (χ1) is 11.9. The molecule has 0 saturated carbocycles. The summed E-state index contributed by atoms with van der Waals surface area (Å²) in [6.07, 6.45) is 2.17. The van der Waals surface area contributed by atoms with Gasteiger partial charge in [0.05, 0.1) is 11.7 Å². The van der Waals surface area contributed by atoms with E-state index in [1.807, 2.05) is 0 Å². The maximum Gasteiger partial charge on any atom is 0.225 e. The third-order valence-electron chi connectivity index (χ3n) is 4.44. The lowest BCUT2D eigenvalue weighted by molar-refractivity contribution is 0.612. The molecule has 0 atom stereocenters. The Hall–Kier alpha value is -2.63. The van der Waals surface area contributed by atoms with Crippen LogP contribution >= 0.6 is 0 Å². The van der Waals surface area contributed by atoms with Crippen LogP contribution in [0.3, 0.4) is 0 Å². The quantitative estimate of drug-likeness (QED) is 0.738. The fourth-order valence-electron chi connectivity index (χ4n) is 3.14. The molecule has 0 saturated heterocycles. The highest BCUT2D eigenvalue weighted by Crippen LogP contribution is 2.27. The Morgan fingerprint density at radius 1 is 1.24 bits per heavy atom. The lowest BCUT2D eigenvalue weighted by Gasteiger charge is -2.13. The van der Waals surface area contributed by atoms with Crippen molar-refractivity contribution in [2.75, 3.05) is 24.3 Å². The van der Waals surface area contributed by atoms with E-state index in [9.17, 15) is 4.39 Å². The van der Waals surface area contributed by atoms with Gasteiger partial charge in [0.25, 0.3) is 0 Å². The summed E-state index contributed by atoms with van der Waals surface area (Å²) in [6.45, 7) is 6.97. The first kappa shape index (κ1) is 17.2. The van der Waals surface area contributed by atoms with Crippen molar-refractivity contribution in [1.82, 2.24) is 15.0 Å². The minimum atomic E-state index is -0.430. The third-order valence-corrected chi connectivity index (χ3v) is 4.44. The summed E-state index contributed by atoms with van der Waals surface area (Å²) in [4.78, 5) is 13.5. The van der Waals surface area contributed by atoms with Crippen LogP contribution in [0.25, 0.3) is 10.9 Å². The Kier molecular flexibility index (Phi) is 4.61. The van der Waals surface area contributed by atoms with Crippen molar-refractivity contribution in [3.63, 3.8) is 0 Å². The Morgan fingerprint density at radius 2 is 2.00 bits per heavy atom. The Labute approximate surface area is 147 Å². The van der Waals surface area contributed by atoms with Crippen molar-refractivity contribution in [1.29, 1.82) is 0 Å². The highest BCUT2D eigenvalue weighted by molar-refractivity contribution is 5.88.